The van der Waals surface area contributed by atoms with Crippen LogP contribution in [0.15, 0.2) is 28.8 Å². The number of carbonyl (C=O) groups excluding carboxylic acids is 1. The van der Waals surface area contributed by atoms with Gasteiger partial charge in [0.2, 0.25) is 5.89 Å². The monoisotopic (exact) mass is 465 g/mol. The number of halogens is 3. The van der Waals surface area contributed by atoms with Crippen molar-refractivity contribution in [1.82, 2.24) is 19.9 Å². The first kappa shape index (κ1) is 22.0. The Balaban J connectivity index is 1.36. The molecule has 0 spiro atoms. The summed E-state index contributed by atoms with van der Waals surface area (Å²) in [5, 5.41) is 4.11. The highest BCUT2D eigenvalue weighted by Crippen LogP contribution is 2.41. The fourth-order valence-corrected chi connectivity index (χ4v) is 4.70. The highest BCUT2D eigenvalue weighted by molar-refractivity contribution is 5.75. The molecule has 3 heterocycles. The van der Waals surface area contributed by atoms with Crippen LogP contribution in [0, 0.1) is 0 Å². The van der Waals surface area contributed by atoms with E-state index in [1.165, 1.54) is 12.1 Å². The highest BCUT2D eigenvalue weighted by Gasteiger charge is 2.38. The Hall–Kier alpha value is -2.82. The molecule has 2 aliphatic heterocycles. The number of carbonyl (C=O) groups is 1. The molecule has 2 saturated heterocycles. The molecule has 33 heavy (non-hydrogen) atoms. The van der Waals surface area contributed by atoms with E-state index in [0.29, 0.717) is 50.2 Å². The van der Waals surface area contributed by atoms with E-state index in [1.54, 1.807) is 21.9 Å². The summed E-state index contributed by atoms with van der Waals surface area (Å²) in [6, 6.07) is 5.73. The lowest BCUT2D eigenvalue weighted by Crippen LogP contribution is -2.48. The smallest absolute Gasteiger partial charge is 0.406 e. The predicted octanol–water partition coefficient (Wildman–Crippen LogP) is 3.57. The van der Waals surface area contributed by atoms with Gasteiger partial charge in [-0.3, -0.25) is 0 Å². The summed E-state index contributed by atoms with van der Waals surface area (Å²) in [4.78, 5) is 21.3. The molecular weight excluding hydrogens is 439 g/mol. The molecule has 1 aliphatic carbocycles. The summed E-state index contributed by atoms with van der Waals surface area (Å²) in [7, 11) is 0. The van der Waals surface area contributed by atoms with Crippen LogP contribution in [-0.2, 0) is 0 Å². The Morgan fingerprint density at radius 1 is 1.03 bits per heavy atom. The second-order valence-corrected chi connectivity index (χ2v) is 9.19. The number of nitrogens with zero attached hydrogens (tertiary/aromatic N) is 4. The quantitative estimate of drug-likeness (QED) is 0.742. The number of urea groups is 1. The largest absolute Gasteiger partial charge is 0.573 e. The number of ether oxygens (including phenoxy) is 1. The maximum absolute atomic E-state index is 13.2. The lowest BCUT2D eigenvalue weighted by Gasteiger charge is -2.38. The van der Waals surface area contributed by atoms with Gasteiger partial charge in [0.1, 0.15) is 5.75 Å². The van der Waals surface area contributed by atoms with Gasteiger partial charge in [0.15, 0.2) is 5.82 Å². The fourth-order valence-electron chi connectivity index (χ4n) is 4.70. The number of nitrogens with two attached hydrogens (primary N) is 1. The molecule has 5 rings (SSSR count). The van der Waals surface area contributed by atoms with Crippen molar-refractivity contribution in [3.8, 4) is 5.75 Å². The molecule has 0 bridgehead atoms. The van der Waals surface area contributed by atoms with Gasteiger partial charge < -0.3 is 24.8 Å². The molecule has 1 saturated carbocycles. The van der Waals surface area contributed by atoms with Crippen molar-refractivity contribution in [1.29, 1.82) is 0 Å². The Labute approximate surface area is 188 Å². The van der Waals surface area contributed by atoms with Crippen molar-refractivity contribution in [2.24, 2.45) is 5.73 Å². The molecule has 0 radical (unpaired) electrons. The van der Waals surface area contributed by atoms with Gasteiger partial charge in [-0.1, -0.05) is 17.3 Å². The van der Waals surface area contributed by atoms with Crippen LogP contribution in [0.5, 0.6) is 5.75 Å². The maximum Gasteiger partial charge on any atom is 0.573 e. The Morgan fingerprint density at radius 3 is 2.39 bits per heavy atom. The summed E-state index contributed by atoms with van der Waals surface area (Å²) >= 11 is 0. The number of piperidine rings is 1. The van der Waals surface area contributed by atoms with Crippen LogP contribution in [0.4, 0.5) is 18.0 Å². The molecule has 2 aromatic rings. The van der Waals surface area contributed by atoms with Crippen molar-refractivity contribution in [3.05, 3.63) is 41.5 Å². The molecule has 2 N–H and O–H groups in total. The molecule has 8 nitrogen and oxygen atoms in total. The minimum atomic E-state index is -4.74. The zero-order valence-corrected chi connectivity index (χ0v) is 18.0. The summed E-state index contributed by atoms with van der Waals surface area (Å²) in [5.41, 5.74) is 6.81. The third kappa shape index (κ3) is 5.07. The standard InChI is InChI=1S/C22H26F3N5O3/c23-22(24,25)32-18-5-3-13(4-6-18)15-9-16(20-27-19(28-33-20)14-1-2-14)11-30(10-15)21(31)29-8-7-17(26)12-29/h3-6,14-17H,1-2,7-12,26H2. The topological polar surface area (TPSA) is 97.7 Å². The number of aromatic nitrogens is 2. The average molecular weight is 465 g/mol. The van der Waals surface area contributed by atoms with Crippen LogP contribution >= 0.6 is 0 Å². The van der Waals surface area contributed by atoms with E-state index in [0.717, 1.165) is 24.8 Å². The number of rotatable bonds is 4. The molecule has 11 heteroatoms. The third-order valence-electron chi connectivity index (χ3n) is 6.55. The summed E-state index contributed by atoms with van der Waals surface area (Å²) < 4.78 is 47.1. The number of amides is 2. The molecule has 2 amide bonds. The second kappa shape index (κ2) is 8.51. The third-order valence-corrected chi connectivity index (χ3v) is 6.55. The van der Waals surface area contributed by atoms with Crippen LogP contribution in [-0.4, -0.2) is 64.6 Å². The second-order valence-electron chi connectivity index (χ2n) is 9.19. The Bertz CT molecular complexity index is 992. The van der Waals surface area contributed by atoms with Crippen LogP contribution in [0.2, 0.25) is 0 Å². The van der Waals surface area contributed by atoms with E-state index in [-0.39, 0.29) is 29.7 Å². The lowest BCUT2D eigenvalue weighted by atomic mass is 9.84. The Morgan fingerprint density at radius 2 is 1.76 bits per heavy atom. The average Bonchev–Trinajstić information content (AvgIpc) is 3.34. The van der Waals surface area contributed by atoms with E-state index in [9.17, 15) is 18.0 Å². The van der Waals surface area contributed by atoms with Crippen molar-refractivity contribution >= 4 is 6.03 Å². The molecule has 178 valence electrons. The first-order chi connectivity index (χ1) is 15.7. The summed E-state index contributed by atoms with van der Waals surface area (Å²) in [5.74, 6) is 1.05. The first-order valence-corrected chi connectivity index (χ1v) is 11.2. The van der Waals surface area contributed by atoms with Crippen molar-refractivity contribution in [3.63, 3.8) is 0 Å². The molecule has 1 aromatic carbocycles. The molecule has 3 unspecified atom stereocenters. The number of likely N-dealkylation sites (tertiary alicyclic amines) is 2. The van der Waals surface area contributed by atoms with Crippen LogP contribution in [0.25, 0.3) is 0 Å². The van der Waals surface area contributed by atoms with Gasteiger partial charge in [0.05, 0.1) is 5.92 Å². The van der Waals surface area contributed by atoms with Gasteiger partial charge in [0.25, 0.3) is 0 Å². The minimum Gasteiger partial charge on any atom is -0.406 e. The number of hydrogen-bond donors (Lipinski definition) is 1. The molecule has 3 fully saturated rings. The van der Waals surface area contributed by atoms with E-state index in [1.807, 2.05) is 0 Å². The zero-order chi connectivity index (χ0) is 23.2. The summed E-state index contributed by atoms with van der Waals surface area (Å²) in [6.07, 6.45) is -1.22. The number of hydrogen-bond acceptors (Lipinski definition) is 6. The van der Waals surface area contributed by atoms with E-state index >= 15 is 0 Å². The molecular formula is C22H26F3N5O3. The van der Waals surface area contributed by atoms with Crippen molar-refractivity contribution in [2.45, 2.75) is 55.8 Å². The van der Waals surface area contributed by atoms with Crippen LogP contribution < -0.4 is 10.5 Å². The van der Waals surface area contributed by atoms with Gasteiger partial charge in [0, 0.05) is 44.1 Å². The van der Waals surface area contributed by atoms with Crippen molar-refractivity contribution in [2.75, 3.05) is 26.2 Å². The van der Waals surface area contributed by atoms with Gasteiger partial charge in [-0.05, 0) is 43.4 Å². The van der Waals surface area contributed by atoms with Gasteiger partial charge in [-0.25, -0.2) is 4.79 Å². The van der Waals surface area contributed by atoms with E-state index < -0.39 is 6.36 Å². The van der Waals surface area contributed by atoms with Gasteiger partial charge in [-0.15, -0.1) is 13.2 Å². The maximum atomic E-state index is 13.2. The predicted molar refractivity (Wildman–Crippen MR) is 111 cm³/mol. The van der Waals surface area contributed by atoms with E-state index in [4.69, 9.17) is 10.3 Å². The summed E-state index contributed by atoms with van der Waals surface area (Å²) in [6.45, 7) is 2.02. The molecule has 3 atom stereocenters. The lowest BCUT2D eigenvalue weighted by molar-refractivity contribution is -0.274. The Kier molecular flexibility index (Phi) is 5.67. The van der Waals surface area contributed by atoms with Crippen LogP contribution in [0.3, 0.4) is 0 Å². The normalized spacial score (nSPS) is 26.0. The van der Waals surface area contributed by atoms with Gasteiger partial charge >= 0.3 is 12.4 Å². The zero-order valence-electron chi connectivity index (χ0n) is 18.0. The SMILES string of the molecule is NC1CCN(C(=O)N2CC(c3ccc(OC(F)(F)F)cc3)CC(c3nc(C4CC4)no3)C2)C1. The van der Waals surface area contributed by atoms with Crippen LogP contribution in [0.1, 0.15) is 60.7 Å². The van der Waals surface area contributed by atoms with Gasteiger partial charge in [-0.2, -0.15) is 4.98 Å². The first-order valence-electron chi connectivity index (χ1n) is 11.2. The number of benzene rings is 1. The fraction of sp³-hybridized carbons (Fsp3) is 0.591. The minimum absolute atomic E-state index is 0.0245. The highest BCUT2D eigenvalue weighted by atomic mass is 19.4. The number of alkyl halides is 3. The van der Waals surface area contributed by atoms with Crippen molar-refractivity contribution < 1.29 is 27.2 Å². The molecule has 1 aromatic heterocycles. The molecule has 3 aliphatic rings. The van der Waals surface area contributed by atoms with E-state index in [2.05, 4.69) is 14.9 Å².